The third kappa shape index (κ3) is 5.51. The predicted octanol–water partition coefficient (Wildman–Crippen LogP) is 6.11. The van der Waals surface area contributed by atoms with Crippen LogP contribution in [0.1, 0.15) is 45.1 Å². The van der Waals surface area contributed by atoms with Crippen molar-refractivity contribution in [2.45, 2.75) is 39.5 Å². The molecular formula is C27H28ClN3O3S2. The number of amides is 3. The smallest absolute Gasteiger partial charge is 0.267 e. The van der Waals surface area contributed by atoms with E-state index < -0.39 is 0 Å². The molecule has 3 amide bonds. The van der Waals surface area contributed by atoms with Gasteiger partial charge in [0.2, 0.25) is 5.91 Å². The van der Waals surface area contributed by atoms with Crippen LogP contribution in [0.25, 0.3) is 5.57 Å². The maximum Gasteiger partial charge on any atom is 0.267 e. The number of hydrogen-bond donors (Lipinski definition) is 1. The Hall–Kier alpha value is -2.68. The zero-order valence-electron chi connectivity index (χ0n) is 20.3. The minimum absolute atomic E-state index is 0.183. The molecule has 1 atom stereocenters. The highest BCUT2D eigenvalue weighted by Crippen LogP contribution is 2.44. The van der Waals surface area contributed by atoms with E-state index in [4.69, 9.17) is 23.8 Å². The van der Waals surface area contributed by atoms with Gasteiger partial charge in [-0.3, -0.25) is 24.2 Å². The second-order valence-corrected chi connectivity index (χ2v) is 10.9. The first-order valence-electron chi connectivity index (χ1n) is 12.1. The number of para-hydroxylation sites is 1. The van der Waals surface area contributed by atoms with E-state index >= 15 is 0 Å². The summed E-state index contributed by atoms with van der Waals surface area (Å²) in [6.45, 7) is 4.65. The number of nitrogens with zero attached hydrogens (tertiary/aromatic N) is 2. The van der Waals surface area contributed by atoms with Gasteiger partial charge in [-0.05, 0) is 42.7 Å². The zero-order chi connectivity index (χ0) is 25.8. The topological polar surface area (TPSA) is 69.7 Å². The monoisotopic (exact) mass is 541 g/mol. The Morgan fingerprint density at radius 3 is 2.47 bits per heavy atom. The Morgan fingerprint density at radius 2 is 1.78 bits per heavy atom. The molecule has 2 aromatic rings. The molecule has 1 fully saturated rings. The molecule has 2 aromatic carbocycles. The molecule has 0 saturated carbocycles. The molecule has 9 heteroatoms. The molecule has 188 valence electrons. The van der Waals surface area contributed by atoms with E-state index in [1.165, 1.54) is 16.7 Å². The summed E-state index contributed by atoms with van der Waals surface area (Å²) in [6.07, 6.45) is 4.20. The van der Waals surface area contributed by atoms with E-state index in [9.17, 15) is 14.4 Å². The van der Waals surface area contributed by atoms with E-state index in [1.54, 1.807) is 35.2 Å². The van der Waals surface area contributed by atoms with Crippen LogP contribution in [-0.4, -0.2) is 40.0 Å². The lowest BCUT2D eigenvalue weighted by Gasteiger charge is -2.21. The molecule has 2 heterocycles. The van der Waals surface area contributed by atoms with Crippen molar-refractivity contribution in [1.82, 2.24) is 4.90 Å². The molecule has 0 aliphatic carbocycles. The van der Waals surface area contributed by atoms with Crippen LogP contribution in [0.5, 0.6) is 0 Å². The van der Waals surface area contributed by atoms with Gasteiger partial charge in [0.05, 0.1) is 16.2 Å². The molecule has 4 rings (SSSR count). The maximum absolute atomic E-state index is 13.6. The highest BCUT2D eigenvalue weighted by Gasteiger charge is 2.42. The number of rotatable bonds is 9. The highest BCUT2D eigenvalue weighted by atomic mass is 35.5. The molecule has 2 aliphatic rings. The van der Waals surface area contributed by atoms with Crippen LogP contribution in [0, 0.1) is 5.92 Å². The van der Waals surface area contributed by atoms with E-state index in [2.05, 4.69) is 19.2 Å². The number of benzene rings is 2. The first-order chi connectivity index (χ1) is 17.3. The number of anilines is 2. The number of unbranched alkanes of at least 4 members (excludes halogenated alkanes) is 1. The summed E-state index contributed by atoms with van der Waals surface area (Å²) in [5.41, 5.74) is 2.13. The Bertz CT molecular complexity index is 1230. The zero-order valence-corrected chi connectivity index (χ0v) is 22.6. The molecule has 1 N–H and O–H groups in total. The van der Waals surface area contributed by atoms with E-state index in [0.717, 1.165) is 25.7 Å². The quantitative estimate of drug-likeness (QED) is 0.306. The van der Waals surface area contributed by atoms with Gasteiger partial charge in [0.1, 0.15) is 10.9 Å². The number of halogens is 1. The van der Waals surface area contributed by atoms with Crippen LogP contribution in [0.4, 0.5) is 11.4 Å². The van der Waals surface area contributed by atoms with Gasteiger partial charge in [0.25, 0.3) is 11.8 Å². The van der Waals surface area contributed by atoms with Crippen molar-refractivity contribution < 1.29 is 14.4 Å². The summed E-state index contributed by atoms with van der Waals surface area (Å²) in [5, 5.41) is 3.35. The number of fused-ring (bicyclic) bond motifs is 1. The molecule has 6 nitrogen and oxygen atoms in total. The van der Waals surface area contributed by atoms with Crippen LogP contribution < -0.4 is 10.2 Å². The lowest BCUT2D eigenvalue weighted by Crippen LogP contribution is -2.36. The Balaban J connectivity index is 1.58. The normalized spacial score (nSPS) is 18.1. The van der Waals surface area contributed by atoms with Crippen molar-refractivity contribution in [1.29, 1.82) is 0 Å². The van der Waals surface area contributed by atoms with Gasteiger partial charge >= 0.3 is 0 Å². The molecule has 0 spiro atoms. The van der Waals surface area contributed by atoms with Gasteiger partial charge in [0.15, 0.2) is 0 Å². The van der Waals surface area contributed by atoms with Gasteiger partial charge in [0, 0.05) is 22.8 Å². The number of nitrogens with one attached hydrogen (secondary N) is 1. The van der Waals surface area contributed by atoms with Crippen LogP contribution in [0.2, 0.25) is 5.02 Å². The van der Waals surface area contributed by atoms with Crippen LogP contribution in [0.15, 0.2) is 53.4 Å². The van der Waals surface area contributed by atoms with Crippen molar-refractivity contribution in [2.75, 3.05) is 23.3 Å². The van der Waals surface area contributed by atoms with Crippen LogP contribution in [-0.2, 0) is 14.4 Å². The SMILES string of the molecule is CCCC[C@H](CC)CN1C(=O)/C(=C2\C(=O)N(CC(=O)Nc3ccc(Cl)cc3)c3ccccc32)SC1=S. The Labute approximate surface area is 226 Å². The third-order valence-electron chi connectivity index (χ3n) is 6.41. The molecule has 1 saturated heterocycles. The second-order valence-electron chi connectivity index (χ2n) is 8.87. The van der Waals surface area contributed by atoms with Gasteiger partial charge in [-0.15, -0.1) is 0 Å². The Kier molecular flexibility index (Phi) is 8.49. The Morgan fingerprint density at radius 1 is 1.06 bits per heavy atom. The average Bonchev–Trinajstić information content (AvgIpc) is 3.30. The lowest BCUT2D eigenvalue weighted by molar-refractivity contribution is -0.123. The summed E-state index contributed by atoms with van der Waals surface area (Å²) in [5.74, 6) is -0.598. The largest absolute Gasteiger partial charge is 0.325 e. The van der Waals surface area contributed by atoms with Crippen molar-refractivity contribution in [2.24, 2.45) is 5.92 Å². The minimum atomic E-state index is -0.374. The molecule has 2 aliphatic heterocycles. The summed E-state index contributed by atoms with van der Waals surface area (Å²) >= 11 is 12.7. The van der Waals surface area contributed by atoms with E-state index in [1.807, 2.05) is 18.2 Å². The van der Waals surface area contributed by atoms with E-state index in [0.29, 0.717) is 49.2 Å². The standard InChI is InChI=1S/C27H28ClN3O3S2/c1-3-5-8-17(4-2)15-31-26(34)24(36-27(31)35)23-20-9-6-7-10-21(20)30(25(23)33)16-22(32)29-19-13-11-18(28)12-14-19/h6-7,9-14,17H,3-5,8,15-16H2,1-2H3,(H,29,32)/b24-23+/t17-/m0/s1. The van der Waals surface area contributed by atoms with Gasteiger partial charge in [-0.1, -0.05) is 86.9 Å². The molecular weight excluding hydrogens is 514 g/mol. The number of thioether (sulfide) groups is 1. The average molecular weight is 542 g/mol. The fraction of sp³-hybridized carbons (Fsp3) is 0.333. The number of carbonyl (C=O) groups excluding carboxylic acids is 3. The third-order valence-corrected chi connectivity index (χ3v) is 8.11. The summed E-state index contributed by atoms with van der Waals surface area (Å²) < 4.78 is 0.474. The predicted molar refractivity (Wildman–Crippen MR) is 151 cm³/mol. The number of carbonyl (C=O) groups is 3. The lowest BCUT2D eigenvalue weighted by atomic mass is 9.98. The summed E-state index contributed by atoms with van der Waals surface area (Å²) in [7, 11) is 0. The molecule has 0 radical (unpaired) electrons. The summed E-state index contributed by atoms with van der Waals surface area (Å²) in [4.78, 5) is 43.3. The van der Waals surface area contributed by atoms with Gasteiger partial charge in [-0.25, -0.2) is 0 Å². The van der Waals surface area contributed by atoms with Gasteiger partial charge in [-0.2, -0.15) is 0 Å². The highest BCUT2D eigenvalue weighted by molar-refractivity contribution is 8.26. The summed E-state index contributed by atoms with van der Waals surface area (Å²) in [6, 6.07) is 14.0. The van der Waals surface area contributed by atoms with Crippen molar-refractivity contribution in [3.05, 3.63) is 64.0 Å². The second kappa shape index (κ2) is 11.6. The number of thiocarbonyl (C=S) groups is 1. The van der Waals surface area contributed by atoms with Crippen molar-refractivity contribution >= 4 is 74.6 Å². The maximum atomic E-state index is 13.6. The molecule has 0 bridgehead atoms. The first-order valence-corrected chi connectivity index (χ1v) is 13.7. The van der Waals surface area contributed by atoms with Crippen LogP contribution >= 0.6 is 35.6 Å². The number of hydrogen-bond acceptors (Lipinski definition) is 5. The molecule has 0 aromatic heterocycles. The fourth-order valence-corrected chi connectivity index (χ4v) is 5.89. The minimum Gasteiger partial charge on any atom is -0.325 e. The van der Waals surface area contributed by atoms with E-state index in [-0.39, 0.29) is 24.3 Å². The molecule has 0 unspecified atom stereocenters. The van der Waals surface area contributed by atoms with Crippen LogP contribution in [0.3, 0.4) is 0 Å². The first kappa shape index (κ1) is 26.4. The van der Waals surface area contributed by atoms with Crippen molar-refractivity contribution in [3.63, 3.8) is 0 Å². The van der Waals surface area contributed by atoms with Gasteiger partial charge < -0.3 is 5.32 Å². The fourth-order valence-electron chi connectivity index (χ4n) is 4.42. The molecule has 36 heavy (non-hydrogen) atoms. The van der Waals surface area contributed by atoms with Crippen molar-refractivity contribution in [3.8, 4) is 0 Å².